The molecule has 4 atom stereocenters. The lowest BCUT2D eigenvalue weighted by Crippen LogP contribution is -2.58. The minimum atomic E-state index is -1.33. The van der Waals surface area contributed by atoms with E-state index in [1.807, 2.05) is 38.1 Å². The Morgan fingerprint density at radius 1 is 0.947 bits per heavy atom. The van der Waals surface area contributed by atoms with E-state index in [0.29, 0.717) is 25.8 Å². The molecular formula is C26H40N6O6. The van der Waals surface area contributed by atoms with E-state index in [1.165, 1.54) is 0 Å². The van der Waals surface area contributed by atoms with Crippen molar-refractivity contribution in [1.29, 1.82) is 0 Å². The average molecular weight is 533 g/mol. The number of aromatic amines is 1. The van der Waals surface area contributed by atoms with Crippen LogP contribution in [0.2, 0.25) is 0 Å². The maximum absolute atomic E-state index is 13.1. The molecule has 0 bridgehead atoms. The Morgan fingerprint density at radius 3 is 2.21 bits per heavy atom. The fourth-order valence-electron chi connectivity index (χ4n) is 4.11. The van der Waals surface area contributed by atoms with Crippen molar-refractivity contribution in [2.75, 3.05) is 13.2 Å². The fraction of sp³-hybridized carbons (Fsp3) is 0.538. The summed E-state index contributed by atoms with van der Waals surface area (Å²) in [5, 5.41) is 27.8. The number of rotatable bonds is 16. The summed E-state index contributed by atoms with van der Waals surface area (Å²) in [7, 11) is 0. The molecule has 0 spiro atoms. The summed E-state index contributed by atoms with van der Waals surface area (Å²) < 4.78 is 0. The third-order valence-electron chi connectivity index (χ3n) is 6.17. The smallest absolute Gasteiger partial charge is 0.326 e. The number of H-pyrrole nitrogens is 1. The zero-order chi connectivity index (χ0) is 28.2. The van der Waals surface area contributed by atoms with Crippen LogP contribution in [0.1, 0.15) is 45.1 Å². The van der Waals surface area contributed by atoms with Crippen molar-refractivity contribution in [1.82, 2.24) is 20.9 Å². The number of benzene rings is 1. The second-order valence-corrected chi connectivity index (χ2v) is 9.79. The summed E-state index contributed by atoms with van der Waals surface area (Å²) >= 11 is 0. The fourth-order valence-corrected chi connectivity index (χ4v) is 4.11. The van der Waals surface area contributed by atoms with Crippen molar-refractivity contribution >= 4 is 34.6 Å². The van der Waals surface area contributed by atoms with Gasteiger partial charge >= 0.3 is 5.97 Å². The first-order chi connectivity index (χ1) is 18.1. The molecule has 0 saturated heterocycles. The number of carbonyl (C=O) groups is 4. The van der Waals surface area contributed by atoms with Gasteiger partial charge in [-0.1, -0.05) is 32.0 Å². The lowest BCUT2D eigenvalue weighted by Gasteiger charge is -2.24. The van der Waals surface area contributed by atoms with Gasteiger partial charge in [0.1, 0.15) is 18.1 Å². The zero-order valence-electron chi connectivity index (χ0n) is 21.9. The third-order valence-corrected chi connectivity index (χ3v) is 6.17. The molecule has 0 fully saturated rings. The highest BCUT2D eigenvalue weighted by atomic mass is 16.4. The predicted molar refractivity (Wildman–Crippen MR) is 143 cm³/mol. The normalized spacial score (nSPS) is 14.5. The van der Waals surface area contributed by atoms with Crippen molar-refractivity contribution in [3.63, 3.8) is 0 Å². The Hall–Kier alpha value is -3.48. The van der Waals surface area contributed by atoms with Crippen LogP contribution in [0.5, 0.6) is 0 Å². The Labute approximate surface area is 221 Å². The molecule has 12 nitrogen and oxygen atoms in total. The Bertz CT molecular complexity index is 1090. The molecule has 2 rings (SSSR count). The van der Waals surface area contributed by atoms with Gasteiger partial charge in [0.2, 0.25) is 17.7 Å². The minimum absolute atomic E-state index is 0.0254. The molecule has 38 heavy (non-hydrogen) atoms. The van der Waals surface area contributed by atoms with Gasteiger partial charge in [-0.15, -0.1) is 0 Å². The van der Waals surface area contributed by atoms with Gasteiger partial charge in [0, 0.05) is 23.5 Å². The molecule has 0 aliphatic heterocycles. The van der Waals surface area contributed by atoms with Gasteiger partial charge in [0.15, 0.2) is 0 Å². The summed E-state index contributed by atoms with van der Waals surface area (Å²) in [5.74, 6) is -3.15. The number of aliphatic carboxylic acids is 1. The third kappa shape index (κ3) is 9.12. The van der Waals surface area contributed by atoms with Crippen molar-refractivity contribution in [3.05, 3.63) is 36.0 Å². The summed E-state index contributed by atoms with van der Waals surface area (Å²) in [5.41, 5.74) is 13.0. The molecule has 0 saturated carbocycles. The Balaban J connectivity index is 2.12. The van der Waals surface area contributed by atoms with Crippen LogP contribution in [0.4, 0.5) is 0 Å². The first-order valence-corrected chi connectivity index (χ1v) is 12.8. The number of aliphatic hydroxyl groups is 1. The number of hydrogen-bond donors (Lipinski definition) is 8. The molecule has 10 N–H and O–H groups in total. The van der Waals surface area contributed by atoms with Crippen LogP contribution in [-0.4, -0.2) is 76.2 Å². The van der Waals surface area contributed by atoms with Crippen LogP contribution < -0.4 is 27.4 Å². The molecule has 0 aliphatic rings. The van der Waals surface area contributed by atoms with E-state index in [0.717, 1.165) is 16.5 Å². The largest absolute Gasteiger partial charge is 0.480 e. The van der Waals surface area contributed by atoms with Crippen LogP contribution in [0.3, 0.4) is 0 Å². The van der Waals surface area contributed by atoms with Crippen molar-refractivity contribution < 1.29 is 29.4 Å². The second kappa shape index (κ2) is 15.1. The van der Waals surface area contributed by atoms with Crippen molar-refractivity contribution in [2.45, 2.75) is 70.1 Å². The molecule has 1 heterocycles. The maximum Gasteiger partial charge on any atom is 0.326 e. The molecule has 1 aromatic heterocycles. The number of para-hydroxylation sites is 1. The van der Waals surface area contributed by atoms with Crippen molar-refractivity contribution in [2.24, 2.45) is 17.4 Å². The number of unbranched alkanes of at least 4 members (excludes halogenated alkanes) is 1. The highest BCUT2D eigenvalue weighted by Crippen LogP contribution is 2.19. The number of carboxylic acid groups (broad SMARTS) is 1. The second-order valence-electron chi connectivity index (χ2n) is 9.79. The summed E-state index contributed by atoms with van der Waals surface area (Å²) in [6.45, 7) is 3.47. The highest BCUT2D eigenvalue weighted by molar-refractivity contribution is 5.94. The first kappa shape index (κ1) is 30.7. The summed E-state index contributed by atoms with van der Waals surface area (Å²) in [6, 6.07) is 2.87. The number of aromatic nitrogens is 1. The number of fused-ring (bicyclic) bond motifs is 1. The van der Waals surface area contributed by atoms with E-state index in [-0.39, 0.29) is 18.8 Å². The van der Waals surface area contributed by atoms with Gasteiger partial charge in [-0.3, -0.25) is 14.4 Å². The van der Waals surface area contributed by atoms with Gasteiger partial charge in [-0.05, 0) is 49.8 Å². The van der Waals surface area contributed by atoms with E-state index in [4.69, 9.17) is 11.5 Å². The van der Waals surface area contributed by atoms with Gasteiger partial charge in [0.25, 0.3) is 0 Å². The molecule has 4 unspecified atom stereocenters. The van der Waals surface area contributed by atoms with Crippen molar-refractivity contribution in [3.8, 4) is 0 Å². The maximum atomic E-state index is 13.1. The van der Waals surface area contributed by atoms with E-state index < -0.39 is 54.5 Å². The number of aliphatic hydroxyl groups excluding tert-OH is 1. The summed E-state index contributed by atoms with van der Waals surface area (Å²) in [6.07, 6.45) is 3.38. The predicted octanol–water partition coefficient (Wildman–Crippen LogP) is -0.256. The molecule has 0 aliphatic carbocycles. The molecule has 210 valence electrons. The number of amides is 3. The van der Waals surface area contributed by atoms with Crippen LogP contribution in [0.15, 0.2) is 30.5 Å². The number of hydrogen-bond acceptors (Lipinski definition) is 7. The topological polar surface area (TPSA) is 213 Å². The average Bonchev–Trinajstić information content (AvgIpc) is 3.28. The zero-order valence-corrected chi connectivity index (χ0v) is 21.9. The number of carboxylic acids is 1. The van der Waals surface area contributed by atoms with Gasteiger partial charge in [-0.2, -0.15) is 0 Å². The SMILES string of the molecule is CC(C)CC(N)C(=O)NC(CO)C(=O)NC(CCCCN)C(=O)NC(Cc1c[nH]c2ccccc12)C(=O)O. The molecule has 3 amide bonds. The lowest BCUT2D eigenvalue weighted by atomic mass is 10.0. The van der Waals surface area contributed by atoms with Gasteiger partial charge in [0.05, 0.1) is 12.6 Å². The Morgan fingerprint density at radius 2 is 1.58 bits per heavy atom. The molecule has 12 heteroatoms. The van der Waals surface area contributed by atoms with Crippen LogP contribution in [-0.2, 0) is 25.6 Å². The molecular weight excluding hydrogens is 492 g/mol. The number of carbonyl (C=O) groups excluding carboxylic acids is 3. The summed E-state index contributed by atoms with van der Waals surface area (Å²) in [4.78, 5) is 53.5. The van der Waals surface area contributed by atoms with Crippen LogP contribution in [0, 0.1) is 5.92 Å². The number of nitrogens with one attached hydrogen (secondary N) is 4. The molecule has 0 radical (unpaired) electrons. The van der Waals surface area contributed by atoms with Crippen LogP contribution >= 0.6 is 0 Å². The van der Waals surface area contributed by atoms with Crippen LogP contribution in [0.25, 0.3) is 10.9 Å². The van der Waals surface area contributed by atoms with E-state index in [9.17, 15) is 29.4 Å². The Kier molecular flexibility index (Phi) is 12.2. The monoisotopic (exact) mass is 532 g/mol. The lowest BCUT2D eigenvalue weighted by molar-refractivity contribution is -0.142. The number of nitrogens with two attached hydrogens (primary N) is 2. The highest BCUT2D eigenvalue weighted by Gasteiger charge is 2.30. The van der Waals surface area contributed by atoms with E-state index in [1.54, 1.807) is 6.20 Å². The molecule has 2 aromatic rings. The molecule has 1 aromatic carbocycles. The van der Waals surface area contributed by atoms with E-state index in [2.05, 4.69) is 20.9 Å². The first-order valence-electron chi connectivity index (χ1n) is 12.8. The van der Waals surface area contributed by atoms with Gasteiger partial charge < -0.3 is 42.6 Å². The quantitative estimate of drug-likeness (QED) is 0.135. The standard InChI is InChI=1S/C26H40N6O6/c1-15(2)11-18(28)23(34)32-22(14-33)25(36)30-20(9-5-6-10-27)24(35)31-21(26(37)38)12-16-13-29-19-8-4-3-7-17(16)19/h3-4,7-8,13,15,18,20-22,29,33H,5-6,9-12,14,27-28H2,1-2H3,(H,30,36)(H,31,35)(H,32,34)(H,37,38). The van der Waals surface area contributed by atoms with E-state index >= 15 is 0 Å². The minimum Gasteiger partial charge on any atom is -0.480 e. The van der Waals surface area contributed by atoms with Gasteiger partial charge in [-0.25, -0.2) is 4.79 Å².